The third-order valence-corrected chi connectivity index (χ3v) is 4.42. The fourth-order valence-electron chi connectivity index (χ4n) is 1.10. The lowest BCUT2D eigenvalue weighted by Gasteiger charge is -2.17. The number of aliphatic carboxylic acids is 1. The fourth-order valence-corrected chi connectivity index (χ4v) is 2.72. The van der Waals surface area contributed by atoms with Gasteiger partial charge in [0.1, 0.15) is 5.25 Å². The van der Waals surface area contributed by atoms with Gasteiger partial charge in [-0.25, -0.2) is 8.42 Å². The number of carboxylic acid groups (broad SMARTS) is 1. The Labute approximate surface area is 83.3 Å². The van der Waals surface area contributed by atoms with Crippen LogP contribution in [0.2, 0.25) is 0 Å². The molecule has 0 aromatic heterocycles. The Morgan fingerprint density at radius 2 is 1.79 bits per heavy atom. The zero-order valence-corrected chi connectivity index (χ0v) is 9.08. The molecule has 0 aromatic rings. The van der Waals surface area contributed by atoms with Crippen molar-refractivity contribution in [2.45, 2.75) is 31.3 Å². The van der Waals surface area contributed by atoms with Gasteiger partial charge in [0.05, 0.1) is 6.07 Å². The average Bonchev–Trinajstić information content (AvgIpc) is 2.00. The molecule has 2 unspecified atom stereocenters. The first-order chi connectivity index (χ1) is 6.25. The first kappa shape index (κ1) is 12.9. The lowest BCUT2D eigenvalue weighted by atomic mass is 10.1. The highest BCUT2D eigenvalue weighted by Gasteiger charge is 2.39. The van der Waals surface area contributed by atoms with Crippen LogP contribution in [0.3, 0.4) is 0 Å². The first-order valence-electron chi connectivity index (χ1n) is 4.10. The highest BCUT2D eigenvalue weighted by molar-refractivity contribution is 7.93. The van der Waals surface area contributed by atoms with E-state index in [9.17, 15) is 13.2 Å². The molecule has 0 spiro atoms. The van der Waals surface area contributed by atoms with Gasteiger partial charge in [-0.15, -0.1) is 0 Å². The Kier molecular flexibility index (Phi) is 4.08. The zero-order valence-electron chi connectivity index (χ0n) is 8.26. The van der Waals surface area contributed by atoms with E-state index in [-0.39, 0.29) is 0 Å². The molecule has 14 heavy (non-hydrogen) atoms. The molecule has 0 saturated heterocycles. The summed E-state index contributed by atoms with van der Waals surface area (Å²) < 4.78 is 23.1. The van der Waals surface area contributed by atoms with Crippen LogP contribution in [-0.2, 0) is 14.6 Å². The molecule has 6 heteroatoms. The molecule has 0 saturated carbocycles. The lowest BCUT2D eigenvalue weighted by Crippen LogP contribution is -2.39. The van der Waals surface area contributed by atoms with E-state index in [1.165, 1.54) is 20.8 Å². The largest absolute Gasteiger partial charge is 0.480 e. The smallest absolute Gasteiger partial charge is 0.322 e. The van der Waals surface area contributed by atoms with Crippen molar-refractivity contribution in [1.82, 2.24) is 0 Å². The Balaban J connectivity index is 5.25. The van der Waals surface area contributed by atoms with Gasteiger partial charge >= 0.3 is 5.97 Å². The van der Waals surface area contributed by atoms with Gasteiger partial charge in [0.25, 0.3) is 0 Å². The highest BCUT2D eigenvalue weighted by Crippen LogP contribution is 2.17. The summed E-state index contributed by atoms with van der Waals surface area (Å²) in [6.45, 7) is 4.19. The Hall–Kier alpha value is -1.09. The molecular weight excluding hydrogens is 206 g/mol. The Bertz CT molecular complexity index is 352. The van der Waals surface area contributed by atoms with Gasteiger partial charge in [0.2, 0.25) is 0 Å². The molecule has 0 heterocycles. The molecule has 0 aromatic carbocycles. The zero-order chi connectivity index (χ0) is 11.5. The van der Waals surface area contributed by atoms with E-state index in [4.69, 9.17) is 10.4 Å². The summed E-state index contributed by atoms with van der Waals surface area (Å²) in [5, 5.41) is 14.4. The predicted molar refractivity (Wildman–Crippen MR) is 50.3 cm³/mol. The molecule has 0 amide bonds. The van der Waals surface area contributed by atoms with Crippen LogP contribution in [0.4, 0.5) is 0 Å². The summed E-state index contributed by atoms with van der Waals surface area (Å²) in [5.41, 5.74) is 0. The van der Waals surface area contributed by atoms with Crippen LogP contribution in [0.25, 0.3) is 0 Å². The maximum absolute atomic E-state index is 11.5. The average molecular weight is 219 g/mol. The minimum absolute atomic E-state index is 0.548. The minimum atomic E-state index is -3.91. The number of carbonyl (C=O) groups is 1. The van der Waals surface area contributed by atoms with Crippen LogP contribution in [0, 0.1) is 17.2 Å². The van der Waals surface area contributed by atoms with Gasteiger partial charge in [0, 0.05) is 0 Å². The van der Waals surface area contributed by atoms with E-state index in [1.54, 1.807) is 6.07 Å². The van der Waals surface area contributed by atoms with Crippen molar-refractivity contribution < 1.29 is 18.3 Å². The second-order valence-electron chi connectivity index (χ2n) is 3.36. The summed E-state index contributed by atoms with van der Waals surface area (Å²) in [5.74, 6) is -1.95. The molecule has 0 rings (SSSR count). The van der Waals surface area contributed by atoms with Crippen molar-refractivity contribution in [3.63, 3.8) is 0 Å². The van der Waals surface area contributed by atoms with Gasteiger partial charge in [0.15, 0.2) is 15.1 Å². The predicted octanol–water partition coefficient (Wildman–Crippen LogP) is 0.422. The molecule has 0 aliphatic carbocycles. The van der Waals surface area contributed by atoms with Crippen molar-refractivity contribution in [2.75, 3.05) is 0 Å². The second kappa shape index (κ2) is 4.42. The first-order valence-corrected chi connectivity index (χ1v) is 5.71. The summed E-state index contributed by atoms with van der Waals surface area (Å²) >= 11 is 0. The second-order valence-corrected chi connectivity index (χ2v) is 5.76. The molecule has 2 atom stereocenters. The van der Waals surface area contributed by atoms with Crippen molar-refractivity contribution in [1.29, 1.82) is 5.26 Å². The normalized spacial score (nSPS) is 15.9. The molecule has 80 valence electrons. The van der Waals surface area contributed by atoms with E-state index in [0.717, 1.165) is 0 Å². The number of rotatable bonds is 4. The van der Waals surface area contributed by atoms with E-state index in [0.29, 0.717) is 0 Å². The molecule has 1 N–H and O–H groups in total. The highest BCUT2D eigenvalue weighted by atomic mass is 32.2. The van der Waals surface area contributed by atoms with Gasteiger partial charge < -0.3 is 5.11 Å². The van der Waals surface area contributed by atoms with Crippen LogP contribution in [0.5, 0.6) is 0 Å². The topological polar surface area (TPSA) is 95.2 Å². The van der Waals surface area contributed by atoms with E-state index in [1.807, 2.05) is 0 Å². The molecule has 0 radical (unpaired) electrons. The van der Waals surface area contributed by atoms with Gasteiger partial charge in [-0.05, 0) is 12.8 Å². The molecule has 0 aliphatic heterocycles. The van der Waals surface area contributed by atoms with Crippen LogP contribution in [0.15, 0.2) is 0 Å². The Morgan fingerprint density at radius 3 is 2.00 bits per heavy atom. The summed E-state index contributed by atoms with van der Waals surface area (Å²) in [7, 11) is -3.91. The van der Waals surface area contributed by atoms with Gasteiger partial charge in [-0.3, -0.25) is 4.79 Å². The monoisotopic (exact) mass is 219 g/mol. The van der Waals surface area contributed by atoms with Crippen molar-refractivity contribution in [3.05, 3.63) is 0 Å². The molecule has 0 bridgehead atoms. The number of sulfone groups is 1. The maximum atomic E-state index is 11.5. The number of nitriles is 1. The fraction of sp³-hybridized carbons (Fsp3) is 0.750. The lowest BCUT2D eigenvalue weighted by molar-refractivity contribution is -0.137. The SMILES string of the molecule is CC(C)C(C(=O)O)S(=O)(=O)C(C)C#N. The number of hydrogen-bond acceptors (Lipinski definition) is 4. The molecule has 0 aliphatic rings. The quantitative estimate of drug-likeness (QED) is 0.739. The van der Waals surface area contributed by atoms with Gasteiger partial charge in [-0.1, -0.05) is 13.8 Å². The molecule has 5 nitrogen and oxygen atoms in total. The summed E-state index contributed by atoms with van der Waals surface area (Å²) in [4.78, 5) is 10.7. The van der Waals surface area contributed by atoms with E-state index in [2.05, 4.69) is 0 Å². The third-order valence-electron chi connectivity index (χ3n) is 1.88. The number of nitrogens with zero attached hydrogens (tertiary/aromatic N) is 1. The maximum Gasteiger partial charge on any atom is 0.322 e. The van der Waals surface area contributed by atoms with Crippen LogP contribution < -0.4 is 0 Å². The molecule has 0 fully saturated rings. The van der Waals surface area contributed by atoms with Gasteiger partial charge in [-0.2, -0.15) is 5.26 Å². The standard InChI is InChI=1S/C8H13NO4S/c1-5(2)7(8(10)11)14(12,13)6(3)4-9/h5-7H,1-3H3,(H,10,11). The molecular formula is C8H13NO4S. The summed E-state index contributed by atoms with van der Waals surface area (Å²) in [6.07, 6.45) is 0. The van der Waals surface area contributed by atoms with E-state index >= 15 is 0 Å². The van der Waals surface area contributed by atoms with Crippen LogP contribution in [0.1, 0.15) is 20.8 Å². The number of carboxylic acids is 1. The van der Waals surface area contributed by atoms with E-state index < -0.39 is 32.2 Å². The third kappa shape index (κ3) is 2.45. The van der Waals surface area contributed by atoms with Crippen LogP contribution in [-0.4, -0.2) is 30.0 Å². The minimum Gasteiger partial charge on any atom is -0.480 e. The van der Waals surface area contributed by atoms with Crippen molar-refractivity contribution in [2.24, 2.45) is 5.92 Å². The number of hydrogen-bond donors (Lipinski definition) is 1. The summed E-state index contributed by atoms with van der Waals surface area (Å²) in [6, 6.07) is 1.54. The van der Waals surface area contributed by atoms with Crippen molar-refractivity contribution in [3.8, 4) is 6.07 Å². The Morgan fingerprint density at radius 1 is 1.36 bits per heavy atom. The van der Waals surface area contributed by atoms with Crippen LogP contribution >= 0.6 is 0 Å². The van der Waals surface area contributed by atoms with Crippen molar-refractivity contribution >= 4 is 15.8 Å².